The number of para-hydroxylation sites is 1. The van der Waals surface area contributed by atoms with Crippen LogP contribution in [0.15, 0.2) is 65.9 Å². The Kier molecular flexibility index (Phi) is 5.30. The van der Waals surface area contributed by atoms with E-state index in [2.05, 4.69) is 5.32 Å². The molecule has 3 rings (SSSR count). The third-order valence-corrected chi connectivity index (χ3v) is 4.41. The van der Waals surface area contributed by atoms with Crippen LogP contribution >= 0.6 is 0 Å². The number of nitrogens with one attached hydrogen (secondary N) is 1. The van der Waals surface area contributed by atoms with E-state index in [1.807, 2.05) is 30.3 Å². The lowest BCUT2D eigenvalue weighted by Crippen LogP contribution is -2.34. The molecular weight excluding hydrogens is 348 g/mol. The van der Waals surface area contributed by atoms with E-state index in [1.165, 1.54) is 6.07 Å². The maximum Gasteiger partial charge on any atom is 0.336 e. The van der Waals surface area contributed by atoms with Crippen molar-refractivity contribution >= 4 is 17.6 Å². The number of hydrogen-bond acceptors (Lipinski definition) is 5. The summed E-state index contributed by atoms with van der Waals surface area (Å²) in [5, 5.41) is 14.0. The highest BCUT2D eigenvalue weighted by molar-refractivity contribution is 5.96. The Labute approximate surface area is 155 Å². The number of benzene rings is 2. The first-order valence-electron chi connectivity index (χ1n) is 8.42. The number of carbonyl (C=O) groups excluding carboxylic acids is 2. The van der Waals surface area contributed by atoms with Gasteiger partial charge in [0.25, 0.3) is 5.69 Å². The highest BCUT2D eigenvalue weighted by atomic mass is 16.6. The van der Waals surface area contributed by atoms with Gasteiger partial charge in [-0.2, -0.15) is 0 Å². The molecule has 2 aromatic carbocycles. The number of hydrogen-bond donors (Lipinski definition) is 1. The van der Waals surface area contributed by atoms with Gasteiger partial charge in [0.1, 0.15) is 6.61 Å². The summed E-state index contributed by atoms with van der Waals surface area (Å²) in [6.45, 7) is 1.67. The van der Waals surface area contributed by atoms with Crippen molar-refractivity contribution in [2.24, 2.45) is 0 Å². The van der Waals surface area contributed by atoms with Gasteiger partial charge in [-0.1, -0.05) is 48.5 Å². The number of amides is 1. The van der Waals surface area contributed by atoms with Crippen LogP contribution in [-0.4, -0.2) is 16.8 Å². The van der Waals surface area contributed by atoms with Crippen LogP contribution in [0.4, 0.5) is 5.69 Å². The Balaban J connectivity index is 1.93. The zero-order chi connectivity index (χ0) is 19.4. The highest BCUT2D eigenvalue weighted by Crippen LogP contribution is 2.38. The molecule has 0 radical (unpaired) electrons. The summed E-state index contributed by atoms with van der Waals surface area (Å²) in [6, 6.07) is 15.3. The normalized spacial score (nSPS) is 16.6. The van der Waals surface area contributed by atoms with Gasteiger partial charge in [0, 0.05) is 29.7 Å². The molecule has 1 heterocycles. The average Bonchev–Trinajstić information content (AvgIpc) is 2.66. The summed E-state index contributed by atoms with van der Waals surface area (Å²) < 4.78 is 5.41. The minimum absolute atomic E-state index is 0.0576. The lowest BCUT2D eigenvalue weighted by atomic mass is 9.83. The summed E-state index contributed by atoms with van der Waals surface area (Å²) in [7, 11) is 0. The fourth-order valence-corrected chi connectivity index (χ4v) is 3.19. The van der Waals surface area contributed by atoms with Crippen LogP contribution in [0, 0.1) is 10.1 Å². The van der Waals surface area contributed by atoms with Crippen molar-refractivity contribution in [2.75, 3.05) is 0 Å². The zero-order valence-corrected chi connectivity index (χ0v) is 14.7. The first-order chi connectivity index (χ1) is 13.0. The third-order valence-electron chi connectivity index (χ3n) is 4.41. The molecular formula is C20H18N2O5. The van der Waals surface area contributed by atoms with E-state index in [4.69, 9.17) is 4.74 Å². The van der Waals surface area contributed by atoms with Gasteiger partial charge in [0.15, 0.2) is 0 Å². The molecule has 7 heteroatoms. The van der Waals surface area contributed by atoms with E-state index in [1.54, 1.807) is 25.1 Å². The van der Waals surface area contributed by atoms with E-state index in [-0.39, 0.29) is 30.2 Å². The van der Waals surface area contributed by atoms with E-state index in [0.29, 0.717) is 11.3 Å². The summed E-state index contributed by atoms with van der Waals surface area (Å²) in [5.74, 6) is -1.63. The standard InChI is InChI=1S/C20H18N2O5/c1-13-19(20(24)27-12-14-7-3-2-4-8-14)16(11-18(23)21-13)15-9-5-6-10-17(15)22(25)26/h2-10,16H,11-12H2,1H3,(H,21,23). The number of carbonyl (C=O) groups is 2. The molecule has 1 aliphatic rings. The molecule has 1 N–H and O–H groups in total. The van der Waals surface area contributed by atoms with Gasteiger partial charge in [-0.05, 0) is 12.5 Å². The second-order valence-corrected chi connectivity index (χ2v) is 6.22. The maximum atomic E-state index is 12.8. The van der Waals surface area contributed by atoms with Crippen molar-refractivity contribution in [1.29, 1.82) is 0 Å². The predicted molar refractivity (Wildman–Crippen MR) is 97.5 cm³/mol. The Bertz CT molecular complexity index is 921. The maximum absolute atomic E-state index is 12.8. The SMILES string of the molecule is CC1=C(C(=O)OCc2ccccc2)C(c2ccccc2[N+](=O)[O-])CC(=O)N1. The fraction of sp³-hybridized carbons (Fsp3) is 0.200. The lowest BCUT2D eigenvalue weighted by Gasteiger charge is -2.26. The molecule has 138 valence electrons. The van der Waals surface area contributed by atoms with Gasteiger partial charge in [-0.3, -0.25) is 14.9 Å². The molecule has 0 fully saturated rings. The molecule has 1 unspecified atom stereocenters. The molecule has 0 saturated heterocycles. The number of nitro groups is 1. The van der Waals surface area contributed by atoms with E-state index in [9.17, 15) is 19.7 Å². The average molecular weight is 366 g/mol. The van der Waals surface area contributed by atoms with Crippen LogP contribution < -0.4 is 5.32 Å². The molecule has 0 saturated carbocycles. The molecule has 1 atom stereocenters. The van der Waals surface area contributed by atoms with Gasteiger partial charge >= 0.3 is 5.97 Å². The van der Waals surface area contributed by atoms with Gasteiger partial charge in [-0.15, -0.1) is 0 Å². The van der Waals surface area contributed by atoms with Gasteiger partial charge in [0.2, 0.25) is 5.91 Å². The predicted octanol–water partition coefficient (Wildman–Crippen LogP) is 3.22. The smallest absolute Gasteiger partial charge is 0.336 e. The van der Waals surface area contributed by atoms with Crippen molar-refractivity contribution in [3.05, 3.63) is 87.1 Å². The monoisotopic (exact) mass is 366 g/mol. The van der Waals surface area contributed by atoms with E-state index >= 15 is 0 Å². The molecule has 0 bridgehead atoms. The number of esters is 1. The first kappa shape index (κ1) is 18.3. The Morgan fingerprint density at radius 3 is 2.56 bits per heavy atom. The number of nitrogens with zero attached hydrogens (tertiary/aromatic N) is 1. The lowest BCUT2D eigenvalue weighted by molar-refractivity contribution is -0.385. The summed E-state index contributed by atoms with van der Waals surface area (Å²) >= 11 is 0. The molecule has 0 aliphatic carbocycles. The molecule has 7 nitrogen and oxygen atoms in total. The Morgan fingerprint density at radius 1 is 1.19 bits per heavy atom. The Hall–Kier alpha value is -3.48. The summed E-state index contributed by atoms with van der Waals surface area (Å²) in [4.78, 5) is 35.6. The van der Waals surface area contributed by atoms with Crippen LogP contribution in [0.5, 0.6) is 0 Å². The quantitative estimate of drug-likeness (QED) is 0.498. The summed E-state index contributed by atoms with van der Waals surface area (Å²) in [5.41, 5.74) is 1.61. The molecule has 1 amide bonds. The van der Waals surface area contributed by atoms with Crippen LogP contribution in [0.2, 0.25) is 0 Å². The van der Waals surface area contributed by atoms with Crippen molar-refractivity contribution in [1.82, 2.24) is 5.32 Å². The molecule has 1 aliphatic heterocycles. The van der Waals surface area contributed by atoms with Crippen LogP contribution in [0.3, 0.4) is 0 Å². The molecule has 0 aromatic heterocycles. The zero-order valence-electron chi connectivity index (χ0n) is 14.7. The molecule has 2 aromatic rings. The van der Waals surface area contributed by atoms with Crippen molar-refractivity contribution in [3.63, 3.8) is 0 Å². The van der Waals surface area contributed by atoms with Crippen molar-refractivity contribution < 1.29 is 19.2 Å². The number of allylic oxidation sites excluding steroid dienone is 1. The fourth-order valence-electron chi connectivity index (χ4n) is 3.19. The topological polar surface area (TPSA) is 98.5 Å². The first-order valence-corrected chi connectivity index (χ1v) is 8.42. The molecule has 27 heavy (non-hydrogen) atoms. The van der Waals surface area contributed by atoms with Crippen molar-refractivity contribution in [2.45, 2.75) is 25.9 Å². The minimum atomic E-state index is -0.733. The van der Waals surface area contributed by atoms with E-state index < -0.39 is 16.8 Å². The van der Waals surface area contributed by atoms with Crippen LogP contribution in [0.25, 0.3) is 0 Å². The highest BCUT2D eigenvalue weighted by Gasteiger charge is 2.36. The van der Waals surface area contributed by atoms with Crippen LogP contribution in [0.1, 0.15) is 30.4 Å². The largest absolute Gasteiger partial charge is 0.457 e. The molecule has 0 spiro atoms. The second-order valence-electron chi connectivity index (χ2n) is 6.22. The Morgan fingerprint density at radius 2 is 1.85 bits per heavy atom. The minimum Gasteiger partial charge on any atom is -0.457 e. The van der Waals surface area contributed by atoms with E-state index in [0.717, 1.165) is 5.56 Å². The number of ether oxygens (including phenoxy) is 1. The number of rotatable bonds is 5. The summed E-state index contributed by atoms with van der Waals surface area (Å²) in [6.07, 6.45) is -0.0576. The van der Waals surface area contributed by atoms with Crippen LogP contribution in [-0.2, 0) is 20.9 Å². The van der Waals surface area contributed by atoms with Gasteiger partial charge in [-0.25, -0.2) is 4.79 Å². The third kappa shape index (κ3) is 4.03. The number of nitro benzene ring substituents is 1. The van der Waals surface area contributed by atoms with Gasteiger partial charge < -0.3 is 10.1 Å². The van der Waals surface area contributed by atoms with Crippen molar-refractivity contribution in [3.8, 4) is 0 Å². The van der Waals surface area contributed by atoms with Gasteiger partial charge in [0.05, 0.1) is 10.5 Å². The second kappa shape index (κ2) is 7.82.